The van der Waals surface area contributed by atoms with E-state index in [9.17, 15) is 0 Å². The Bertz CT molecular complexity index is 43.3. The molecule has 0 heterocycles. The van der Waals surface area contributed by atoms with Crippen LogP contribution in [0.25, 0.3) is 0 Å². The normalized spacial score (nSPS) is 15.0. The maximum Gasteiger partial charge on any atom is 0.0723 e. The molecule has 1 atom stereocenters. The second-order valence-corrected chi connectivity index (χ2v) is 4.92. The van der Waals surface area contributed by atoms with E-state index < -0.39 is 0 Å². The van der Waals surface area contributed by atoms with Gasteiger partial charge in [-0.1, -0.05) is 52.1 Å². The first kappa shape index (κ1) is 7.96. The van der Waals surface area contributed by atoms with E-state index in [1.165, 1.54) is 6.42 Å². The smallest absolute Gasteiger partial charge is 0.0723 e. The summed E-state index contributed by atoms with van der Waals surface area (Å²) in [6.07, 6.45) is 1.22. The van der Waals surface area contributed by atoms with Crippen LogP contribution in [0.15, 0.2) is 0 Å². The van der Waals surface area contributed by atoms with E-state index in [0.29, 0.717) is 3.74 Å². The predicted molar refractivity (Wildman–Crippen MR) is 41.1 cm³/mol. The molecule has 0 fully saturated rings. The third-order valence-corrected chi connectivity index (χ3v) is 2.88. The lowest BCUT2D eigenvalue weighted by Gasteiger charge is -2.06. The summed E-state index contributed by atoms with van der Waals surface area (Å²) in [5.41, 5.74) is 0. The highest BCUT2D eigenvalue weighted by molar-refractivity contribution is 9.24. The van der Waals surface area contributed by atoms with Gasteiger partial charge >= 0.3 is 0 Å². The van der Waals surface area contributed by atoms with Crippen molar-refractivity contribution in [1.29, 1.82) is 0 Å². The predicted octanol–water partition coefficient (Wildman–Crippen LogP) is 3.15. The Kier molecular flexibility index (Phi) is 4.44. The van der Waals surface area contributed by atoms with Crippen molar-refractivity contribution < 1.29 is 0 Å². The summed E-state index contributed by atoms with van der Waals surface area (Å²) < 4.78 is 0.491. The van der Waals surface area contributed by atoms with Crippen molar-refractivity contribution in [2.75, 3.05) is 0 Å². The van der Waals surface area contributed by atoms with Gasteiger partial charge in [0.25, 0.3) is 0 Å². The van der Waals surface area contributed by atoms with E-state index in [2.05, 4.69) is 45.7 Å². The van der Waals surface area contributed by atoms with Crippen LogP contribution in [0.2, 0.25) is 0 Å². The van der Waals surface area contributed by atoms with Crippen molar-refractivity contribution in [3.63, 3.8) is 0 Å². The Morgan fingerprint density at radius 3 is 1.86 bits per heavy atom. The molecule has 0 amide bonds. The van der Waals surface area contributed by atoms with Crippen molar-refractivity contribution in [3.8, 4) is 0 Å². The molecule has 0 saturated heterocycles. The minimum atomic E-state index is 0.491. The molecule has 0 aromatic carbocycles. The Labute approximate surface area is 61.9 Å². The maximum absolute atomic E-state index is 3.42. The Morgan fingerprint density at radius 1 is 1.43 bits per heavy atom. The van der Waals surface area contributed by atoms with E-state index in [0.717, 1.165) is 5.92 Å². The largest absolute Gasteiger partial charge is 0.0762 e. The van der Waals surface area contributed by atoms with Gasteiger partial charge in [-0.25, -0.2) is 0 Å². The summed E-state index contributed by atoms with van der Waals surface area (Å²) in [6, 6.07) is 0. The molecule has 0 aliphatic carbocycles. The zero-order valence-corrected chi connectivity index (χ0v) is 7.79. The Morgan fingerprint density at radius 2 is 1.86 bits per heavy atom. The zero-order valence-electron chi connectivity index (χ0n) is 4.62. The van der Waals surface area contributed by atoms with Crippen LogP contribution in [0.1, 0.15) is 20.3 Å². The molecule has 0 aliphatic rings. The molecule has 0 saturated carbocycles. The van der Waals surface area contributed by atoms with E-state index in [-0.39, 0.29) is 0 Å². The highest BCUT2D eigenvalue weighted by atomic mass is 79.9. The van der Waals surface area contributed by atoms with E-state index in [1.54, 1.807) is 0 Å². The molecule has 0 radical (unpaired) electrons. The van der Waals surface area contributed by atoms with Crippen LogP contribution >= 0.6 is 31.9 Å². The van der Waals surface area contributed by atoms with Crippen LogP contribution in [0, 0.1) is 5.92 Å². The van der Waals surface area contributed by atoms with Crippen LogP contribution in [-0.2, 0) is 0 Å². The van der Waals surface area contributed by atoms with Gasteiger partial charge in [0.05, 0.1) is 3.74 Å². The first-order valence-electron chi connectivity index (χ1n) is 2.46. The number of rotatable bonds is 2. The van der Waals surface area contributed by atoms with E-state index in [4.69, 9.17) is 0 Å². The topological polar surface area (TPSA) is 0 Å². The minimum absolute atomic E-state index is 0.491. The van der Waals surface area contributed by atoms with Gasteiger partial charge in [0.1, 0.15) is 0 Å². The lowest BCUT2D eigenvalue weighted by atomic mass is 10.2. The first-order valence-corrected chi connectivity index (χ1v) is 4.29. The summed E-state index contributed by atoms with van der Waals surface area (Å²) in [7, 11) is 0. The van der Waals surface area contributed by atoms with Gasteiger partial charge in [0.2, 0.25) is 0 Å². The second-order valence-electron chi connectivity index (χ2n) is 1.72. The summed E-state index contributed by atoms with van der Waals surface area (Å²) >= 11 is 6.83. The number of halogens is 2. The lowest BCUT2D eigenvalue weighted by Crippen LogP contribution is -1.99. The average molecular weight is 230 g/mol. The van der Waals surface area contributed by atoms with Crippen LogP contribution in [0.4, 0.5) is 0 Å². The molecule has 0 aliphatic heterocycles. The van der Waals surface area contributed by atoms with Crippen molar-refractivity contribution in [2.45, 2.75) is 24.0 Å². The standard InChI is InChI=1S/C5H10Br2/c1-3-4(2)5(6)7/h4-5H,3H2,1-2H3. The lowest BCUT2D eigenvalue weighted by molar-refractivity contribution is 0.624. The van der Waals surface area contributed by atoms with Crippen LogP contribution in [0.3, 0.4) is 0 Å². The fourth-order valence-corrected chi connectivity index (χ4v) is 0.926. The van der Waals surface area contributed by atoms with Crippen molar-refractivity contribution in [1.82, 2.24) is 0 Å². The first-order chi connectivity index (χ1) is 3.18. The summed E-state index contributed by atoms with van der Waals surface area (Å²) in [4.78, 5) is 0. The van der Waals surface area contributed by atoms with Gasteiger partial charge in [-0.05, 0) is 5.92 Å². The molecule has 0 aromatic rings. The molecule has 0 spiro atoms. The Balaban J connectivity index is 3.14. The minimum Gasteiger partial charge on any atom is -0.0762 e. The maximum atomic E-state index is 3.42. The molecular formula is C5H10Br2. The Hall–Kier alpha value is 0.960. The average Bonchev–Trinajstić information content (AvgIpc) is 1.65. The van der Waals surface area contributed by atoms with Crippen LogP contribution in [-0.4, -0.2) is 3.74 Å². The molecule has 0 bridgehead atoms. The molecule has 44 valence electrons. The second kappa shape index (κ2) is 3.90. The molecule has 0 nitrogen and oxygen atoms in total. The van der Waals surface area contributed by atoms with Gasteiger partial charge in [0.15, 0.2) is 0 Å². The quantitative estimate of drug-likeness (QED) is 0.639. The molecule has 0 aromatic heterocycles. The van der Waals surface area contributed by atoms with Crippen LogP contribution in [0.5, 0.6) is 0 Å². The van der Waals surface area contributed by atoms with E-state index in [1.807, 2.05) is 0 Å². The molecular weight excluding hydrogens is 220 g/mol. The van der Waals surface area contributed by atoms with Crippen LogP contribution < -0.4 is 0 Å². The van der Waals surface area contributed by atoms with E-state index >= 15 is 0 Å². The molecule has 1 unspecified atom stereocenters. The van der Waals surface area contributed by atoms with Crippen molar-refractivity contribution in [3.05, 3.63) is 0 Å². The highest BCUT2D eigenvalue weighted by Gasteiger charge is 2.05. The fraction of sp³-hybridized carbons (Fsp3) is 1.00. The molecule has 7 heavy (non-hydrogen) atoms. The molecule has 0 N–H and O–H groups in total. The number of hydrogen-bond acceptors (Lipinski definition) is 0. The van der Waals surface area contributed by atoms with Crippen molar-refractivity contribution in [2.24, 2.45) is 5.92 Å². The third-order valence-electron chi connectivity index (χ3n) is 1.07. The summed E-state index contributed by atoms with van der Waals surface area (Å²) in [5.74, 6) is 0.736. The SMILES string of the molecule is CCC(C)C(Br)Br. The van der Waals surface area contributed by atoms with Gasteiger partial charge < -0.3 is 0 Å². The summed E-state index contributed by atoms with van der Waals surface area (Å²) in [5, 5.41) is 0. The zero-order chi connectivity index (χ0) is 5.86. The van der Waals surface area contributed by atoms with Gasteiger partial charge in [-0.2, -0.15) is 0 Å². The summed E-state index contributed by atoms with van der Waals surface area (Å²) in [6.45, 7) is 4.38. The monoisotopic (exact) mass is 228 g/mol. The molecule has 2 heteroatoms. The third kappa shape index (κ3) is 3.53. The number of hydrogen-bond donors (Lipinski definition) is 0. The highest BCUT2D eigenvalue weighted by Crippen LogP contribution is 2.20. The fourth-order valence-electron chi connectivity index (χ4n) is 0.178. The van der Waals surface area contributed by atoms with Gasteiger partial charge in [0, 0.05) is 0 Å². The van der Waals surface area contributed by atoms with Gasteiger partial charge in [-0.15, -0.1) is 0 Å². The van der Waals surface area contributed by atoms with Gasteiger partial charge in [-0.3, -0.25) is 0 Å². The van der Waals surface area contributed by atoms with Crippen molar-refractivity contribution >= 4 is 31.9 Å². The number of alkyl halides is 2. The molecule has 0 rings (SSSR count).